The van der Waals surface area contributed by atoms with E-state index in [1.807, 2.05) is 30.4 Å². The molecule has 0 amide bonds. The van der Waals surface area contributed by atoms with E-state index in [0.717, 1.165) is 32.6 Å². The summed E-state index contributed by atoms with van der Waals surface area (Å²) in [7, 11) is 0. The van der Waals surface area contributed by atoms with Crippen LogP contribution >= 0.6 is 11.3 Å². The maximum absolute atomic E-state index is 4.91. The molecule has 0 atom stereocenters. The molecule has 0 spiro atoms. The fourth-order valence-electron chi connectivity index (χ4n) is 2.97. The fraction of sp³-hybridized carbons (Fsp3) is 0. The summed E-state index contributed by atoms with van der Waals surface area (Å²) in [6.07, 6.45) is 3.79. The molecule has 2 aromatic carbocycles. The van der Waals surface area contributed by atoms with Crippen LogP contribution in [0.1, 0.15) is 11.1 Å². The van der Waals surface area contributed by atoms with Crippen molar-refractivity contribution in [3.63, 3.8) is 0 Å². The predicted molar refractivity (Wildman–Crippen MR) is 103 cm³/mol. The lowest BCUT2D eigenvalue weighted by Crippen LogP contribution is -1.93. The monoisotopic (exact) mass is 313 g/mol. The van der Waals surface area contributed by atoms with Crippen LogP contribution in [-0.2, 0) is 0 Å². The molecule has 2 heterocycles. The highest BCUT2D eigenvalue weighted by atomic mass is 32.1. The van der Waals surface area contributed by atoms with Gasteiger partial charge in [-0.05, 0) is 29.1 Å². The highest BCUT2D eigenvalue weighted by Gasteiger charge is 2.14. The average molecular weight is 313 g/mol. The van der Waals surface area contributed by atoms with E-state index >= 15 is 0 Å². The topological polar surface area (TPSA) is 12.9 Å². The number of pyridine rings is 1. The van der Waals surface area contributed by atoms with Gasteiger partial charge in [0, 0.05) is 15.6 Å². The second kappa shape index (κ2) is 5.49. The lowest BCUT2D eigenvalue weighted by molar-refractivity contribution is 1.40. The Kier molecular flexibility index (Phi) is 3.32. The summed E-state index contributed by atoms with van der Waals surface area (Å²) >= 11 is 1.76. The molecule has 0 radical (unpaired) electrons. The number of thiophene rings is 1. The van der Waals surface area contributed by atoms with Gasteiger partial charge in [-0.2, -0.15) is 0 Å². The molecule has 0 aliphatic carbocycles. The number of aromatic nitrogens is 1. The van der Waals surface area contributed by atoms with Crippen LogP contribution in [0, 0.1) is 0 Å². The first kappa shape index (κ1) is 13.9. The van der Waals surface area contributed by atoms with Gasteiger partial charge in [-0.3, -0.25) is 0 Å². The summed E-state index contributed by atoms with van der Waals surface area (Å²) in [5.74, 6) is 0. The molecule has 0 bridgehead atoms. The van der Waals surface area contributed by atoms with Gasteiger partial charge in [-0.1, -0.05) is 61.7 Å². The van der Waals surface area contributed by atoms with Gasteiger partial charge >= 0.3 is 0 Å². The van der Waals surface area contributed by atoms with Crippen molar-refractivity contribution in [2.45, 2.75) is 0 Å². The van der Waals surface area contributed by atoms with Crippen molar-refractivity contribution in [3.8, 4) is 10.6 Å². The number of rotatable bonds is 3. The Hall–Kier alpha value is -2.71. The van der Waals surface area contributed by atoms with Crippen molar-refractivity contribution >= 4 is 44.5 Å². The molecule has 0 saturated carbocycles. The molecule has 110 valence electrons. The Morgan fingerprint density at radius 3 is 2.39 bits per heavy atom. The largest absolute Gasteiger partial charge is 0.246 e. The van der Waals surface area contributed by atoms with Gasteiger partial charge in [0.25, 0.3) is 0 Å². The third-order valence-electron chi connectivity index (χ3n) is 4.04. The van der Waals surface area contributed by atoms with E-state index in [1.165, 1.54) is 10.1 Å². The van der Waals surface area contributed by atoms with Gasteiger partial charge in [0.05, 0.1) is 16.1 Å². The Balaban J connectivity index is 2.09. The highest BCUT2D eigenvalue weighted by Crippen LogP contribution is 2.37. The van der Waals surface area contributed by atoms with Crippen LogP contribution in [-0.4, -0.2) is 4.98 Å². The number of fused-ring (bicyclic) bond motifs is 2. The maximum atomic E-state index is 4.91. The molecular formula is C21H15NS. The third kappa shape index (κ3) is 2.19. The molecule has 4 aromatic rings. The highest BCUT2D eigenvalue weighted by molar-refractivity contribution is 7.22. The van der Waals surface area contributed by atoms with Crippen molar-refractivity contribution in [3.05, 3.63) is 78.9 Å². The van der Waals surface area contributed by atoms with Gasteiger partial charge in [-0.15, -0.1) is 11.3 Å². The zero-order valence-corrected chi connectivity index (χ0v) is 13.4. The summed E-state index contributed by atoms with van der Waals surface area (Å²) in [6.45, 7) is 8.00. The molecule has 0 N–H and O–H groups in total. The van der Waals surface area contributed by atoms with Crippen LogP contribution in [0.25, 0.3) is 43.7 Å². The zero-order chi connectivity index (χ0) is 15.8. The molecule has 0 unspecified atom stereocenters. The number of benzene rings is 2. The maximum Gasteiger partial charge on any atom is 0.0887 e. The predicted octanol–water partition coefficient (Wildman–Crippen LogP) is 6.40. The van der Waals surface area contributed by atoms with E-state index in [0.29, 0.717) is 0 Å². The molecule has 0 aliphatic rings. The third-order valence-corrected chi connectivity index (χ3v) is 5.16. The van der Waals surface area contributed by atoms with E-state index in [-0.39, 0.29) is 0 Å². The van der Waals surface area contributed by atoms with Gasteiger partial charge < -0.3 is 0 Å². The van der Waals surface area contributed by atoms with Gasteiger partial charge in [-0.25, -0.2) is 4.98 Å². The molecule has 2 aromatic heterocycles. The van der Waals surface area contributed by atoms with Crippen LogP contribution in [0.2, 0.25) is 0 Å². The Bertz CT molecular complexity index is 1020. The van der Waals surface area contributed by atoms with Crippen LogP contribution < -0.4 is 0 Å². The molecule has 4 rings (SSSR count). The van der Waals surface area contributed by atoms with Crippen molar-refractivity contribution in [1.82, 2.24) is 4.98 Å². The number of hydrogen-bond donors (Lipinski definition) is 0. The second-order valence-electron chi connectivity index (χ2n) is 5.36. The quantitative estimate of drug-likeness (QED) is 0.426. The van der Waals surface area contributed by atoms with Crippen LogP contribution in [0.3, 0.4) is 0 Å². The summed E-state index contributed by atoms with van der Waals surface area (Å²) in [4.78, 5) is 6.07. The minimum atomic E-state index is 0.981. The first-order chi connectivity index (χ1) is 11.3. The van der Waals surface area contributed by atoms with Crippen LogP contribution in [0.15, 0.2) is 67.8 Å². The van der Waals surface area contributed by atoms with Crippen molar-refractivity contribution in [2.24, 2.45) is 0 Å². The average Bonchev–Trinajstić information content (AvgIpc) is 3.03. The van der Waals surface area contributed by atoms with Crippen LogP contribution in [0.5, 0.6) is 0 Å². The van der Waals surface area contributed by atoms with E-state index in [9.17, 15) is 0 Å². The molecule has 2 heteroatoms. The van der Waals surface area contributed by atoms with Gasteiger partial charge in [0.15, 0.2) is 0 Å². The Morgan fingerprint density at radius 1 is 0.870 bits per heavy atom. The lowest BCUT2D eigenvalue weighted by atomic mass is 9.99. The van der Waals surface area contributed by atoms with Crippen molar-refractivity contribution in [1.29, 1.82) is 0 Å². The number of para-hydroxylation sites is 1. The minimum absolute atomic E-state index is 0.981. The number of hydrogen-bond acceptors (Lipinski definition) is 2. The summed E-state index contributed by atoms with van der Waals surface area (Å²) in [5.41, 5.74) is 4.11. The zero-order valence-electron chi connectivity index (χ0n) is 12.6. The van der Waals surface area contributed by atoms with Gasteiger partial charge in [0.2, 0.25) is 0 Å². The SMILES string of the molecule is C=Cc1c(-c2cc3ccccc3s2)nc2ccccc2c1C=C. The lowest BCUT2D eigenvalue weighted by Gasteiger charge is -2.11. The molecule has 0 saturated heterocycles. The van der Waals surface area contributed by atoms with Crippen molar-refractivity contribution < 1.29 is 0 Å². The summed E-state index contributed by atoms with van der Waals surface area (Å²) < 4.78 is 1.27. The van der Waals surface area contributed by atoms with Gasteiger partial charge in [0.1, 0.15) is 0 Å². The van der Waals surface area contributed by atoms with Crippen molar-refractivity contribution in [2.75, 3.05) is 0 Å². The normalized spacial score (nSPS) is 11.0. The van der Waals surface area contributed by atoms with E-state index in [4.69, 9.17) is 4.98 Å². The van der Waals surface area contributed by atoms with E-state index < -0.39 is 0 Å². The second-order valence-corrected chi connectivity index (χ2v) is 6.45. The first-order valence-electron chi connectivity index (χ1n) is 7.48. The molecule has 23 heavy (non-hydrogen) atoms. The summed E-state index contributed by atoms with van der Waals surface area (Å²) in [6, 6.07) is 18.8. The fourth-order valence-corrected chi connectivity index (χ4v) is 4.03. The smallest absolute Gasteiger partial charge is 0.0887 e. The van der Waals surface area contributed by atoms with Crippen LogP contribution in [0.4, 0.5) is 0 Å². The molecule has 0 aliphatic heterocycles. The summed E-state index contributed by atoms with van der Waals surface area (Å²) in [5, 5.41) is 2.36. The molecule has 1 nitrogen and oxygen atoms in total. The van der Waals surface area contributed by atoms with E-state index in [1.54, 1.807) is 11.3 Å². The first-order valence-corrected chi connectivity index (χ1v) is 8.30. The Labute approximate surface area is 139 Å². The Morgan fingerprint density at radius 2 is 1.61 bits per heavy atom. The minimum Gasteiger partial charge on any atom is -0.246 e. The van der Waals surface area contributed by atoms with E-state index in [2.05, 4.69) is 49.6 Å². The standard InChI is InChI=1S/C21H15NS/c1-3-15-16(4-2)21(22-18-11-7-6-10-17(15)18)20-13-14-9-5-8-12-19(14)23-20/h3-13H,1-2H2. The molecule has 0 fully saturated rings. The number of nitrogens with zero attached hydrogens (tertiary/aromatic N) is 1. The molecular weight excluding hydrogens is 298 g/mol.